The van der Waals surface area contributed by atoms with Crippen LogP contribution < -0.4 is 15.4 Å². The van der Waals surface area contributed by atoms with Crippen molar-refractivity contribution in [2.75, 3.05) is 43.4 Å². The van der Waals surface area contributed by atoms with Crippen molar-refractivity contribution in [2.24, 2.45) is 0 Å². The minimum Gasteiger partial charge on any atom is -0.483 e. The number of anilines is 4. The van der Waals surface area contributed by atoms with Crippen molar-refractivity contribution >= 4 is 58.5 Å². The van der Waals surface area contributed by atoms with Crippen molar-refractivity contribution < 1.29 is 65.0 Å². The molecular weight excluding hydrogens is 762 g/mol. The second-order valence-corrected chi connectivity index (χ2v) is 11.4. The number of carbonyl (C=O) groups is 4. The molecule has 0 radical (unpaired) electrons. The van der Waals surface area contributed by atoms with Gasteiger partial charge in [0.15, 0.2) is 12.4 Å². The summed E-state index contributed by atoms with van der Waals surface area (Å²) in [6.07, 6.45) is -2.32. The zero-order valence-corrected chi connectivity index (χ0v) is 28.1. The highest BCUT2D eigenvalue weighted by Gasteiger charge is 2.39. The Bertz CT molecular complexity index is 1930. The molecule has 6 bridgehead atoms. The number of carboxylic acids is 2. The number of alkyl halides is 6. The third-order valence-corrected chi connectivity index (χ3v) is 7.48. The first kappa shape index (κ1) is 40.6. The molecule has 6 rings (SSSR count). The molecule has 16 nitrogen and oxygen atoms in total. The molecule has 0 aliphatic carbocycles. The highest BCUT2D eigenvalue weighted by Crippen LogP contribution is 2.30. The SMILES string of the molecule is O=C(COc1ccc2cc1CCc1cncc(c1)Nc1ncc(Cl)c(n1)N2)N1CCN(C(=O)c2ccno2)CC1.O=C(O)C(F)(F)F.O=C(O)C(F)(F)F. The van der Waals surface area contributed by atoms with Crippen LogP contribution in [0.5, 0.6) is 5.75 Å². The number of nitrogens with one attached hydrogen (secondary N) is 2. The largest absolute Gasteiger partial charge is 0.490 e. The molecule has 54 heavy (non-hydrogen) atoms. The Morgan fingerprint density at radius 3 is 2.11 bits per heavy atom. The molecule has 23 heteroatoms. The maximum Gasteiger partial charge on any atom is 0.490 e. The number of carboxylic acid groups (broad SMARTS) is 2. The Kier molecular flexibility index (Phi) is 13.2. The number of benzene rings is 1. The molecule has 0 atom stereocenters. The number of aliphatic carboxylic acids is 2. The van der Waals surface area contributed by atoms with Gasteiger partial charge in [-0.2, -0.15) is 31.3 Å². The third kappa shape index (κ3) is 11.7. The van der Waals surface area contributed by atoms with Crippen LogP contribution in [0.1, 0.15) is 21.7 Å². The molecule has 1 aromatic carbocycles. The van der Waals surface area contributed by atoms with E-state index in [0.717, 1.165) is 22.5 Å². The average Bonchev–Trinajstić information content (AvgIpc) is 3.66. The number of halogens is 7. The van der Waals surface area contributed by atoms with Gasteiger partial charge in [-0.1, -0.05) is 16.8 Å². The van der Waals surface area contributed by atoms with Gasteiger partial charge >= 0.3 is 24.3 Å². The van der Waals surface area contributed by atoms with E-state index in [1.807, 2.05) is 30.5 Å². The van der Waals surface area contributed by atoms with Gasteiger partial charge in [-0.25, -0.2) is 14.6 Å². The van der Waals surface area contributed by atoms with Crippen molar-refractivity contribution in [3.05, 3.63) is 77.0 Å². The number of ether oxygens (including phenoxy) is 1. The van der Waals surface area contributed by atoms with E-state index in [-0.39, 0.29) is 24.2 Å². The lowest BCUT2D eigenvalue weighted by Gasteiger charge is -2.34. The molecule has 2 aliphatic heterocycles. The molecule has 2 aliphatic rings. The first-order valence-corrected chi connectivity index (χ1v) is 15.6. The minimum absolute atomic E-state index is 0.113. The van der Waals surface area contributed by atoms with Gasteiger partial charge in [-0.05, 0) is 48.2 Å². The van der Waals surface area contributed by atoms with Gasteiger partial charge in [0.1, 0.15) is 10.8 Å². The number of amides is 2. The molecule has 1 saturated heterocycles. The van der Waals surface area contributed by atoms with Crippen LogP contribution in [0.2, 0.25) is 5.02 Å². The summed E-state index contributed by atoms with van der Waals surface area (Å²) in [4.78, 5) is 59.7. The fraction of sp³-hybridized carbons (Fsp3) is 0.290. The standard InChI is InChI=1S/C27H25ClN8O4.2C2HF3O2/c28-21-15-30-27-33-20-11-17(13-29-14-20)1-2-18-12-19(32-25(21)34-27)3-4-22(18)39-16-24(37)35-7-9-36(10-8-35)26(38)23-5-6-31-40-23;2*3-2(4,5)1(6)7/h3-6,11-15H,1-2,7-10,16H2,(H2,30,32,33,34);2*(H,6,7). The Morgan fingerprint density at radius 1 is 0.852 bits per heavy atom. The molecule has 0 spiro atoms. The molecule has 4 aromatic rings. The zero-order valence-electron chi connectivity index (χ0n) is 27.3. The van der Waals surface area contributed by atoms with E-state index in [2.05, 4.69) is 30.7 Å². The summed E-state index contributed by atoms with van der Waals surface area (Å²) in [6.45, 7) is 1.53. The molecule has 5 heterocycles. The normalized spacial score (nSPS) is 13.8. The number of fused-ring (bicyclic) bond motifs is 6. The highest BCUT2D eigenvalue weighted by molar-refractivity contribution is 6.32. The first-order chi connectivity index (χ1) is 25.4. The Hall–Kier alpha value is -6.19. The van der Waals surface area contributed by atoms with Crippen LogP contribution in [0.15, 0.2) is 59.6 Å². The quantitative estimate of drug-likeness (QED) is 0.206. The summed E-state index contributed by atoms with van der Waals surface area (Å²) in [5.74, 6) is -4.23. The van der Waals surface area contributed by atoms with Crippen LogP contribution in [0, 0.1) is 0 Å². The van der Waals surface area contributed by atoms with Gasteiger partial charge in [-0.3, -0.25) is 14.6 Å². The van der Waals surface area contributed by atoms with Crippen LogP contribution in [-0.2, 0) is 27.2 Å². The topological polar surface area (TPSA) is 213 Å². The first-order valence-electron chi connectivity index (χ1n) is 15.2. The van der Waals surface area contributed by atoms with Gasteiger partial charge in [-0.15, -0.1) is 0 Å². The molecule has 3 aromatic heterocycles. The van der Waals surface area contributed by atoms with E-state index in [9.17, 15) is 35.9 Å². The highest BCUT2D eigenvalue weighted by atomic mass is 35.5. The lowest BCUT2D eigenvalue weighted by molar-refractivity contribution is -0.193. The lowest BCUT2D eigenvalue weighted by atomic mass is 10.0. The molecule has 2 amide bonds. The van der Waals surface area contributed by atoms with Gasteiger partial charge < -0.3 is 39.9 Å². The third-order valence-electron chi connectivity index (χ3n) is 7.21. The number of hydrogen-bond acceptors (Lipinski definition) is 12. The van der Waals surface area contributed by atoms with Gasteiger partial charge in [0.25, 0.3) is 11.8 Å². The van der Waals surface area contributed by atoms with Crippen molar-refractivity contribution in [3.63, 3.8) is 0 Å². The van der Waals surface area contributed by atoms with Crippen LogP contribution in [0.3, 0.4) is 0 Å². The fourth-order valence-electron chi connectivity index (χ4n) is 4.62. The van der Waals surface area contributed by atoms with Crippen molar-refractivity contribution in [1.82, 2.24) is 29.9 Å². The van der Waals surface area contributed by atoms with Crippen LogP contribution in [0.4, 0.5) is 49.5 Å². The van der Waals surface area contributed by atoms with Gasteiger partial charge in [0.2, 0.25) is 11.7 Å². The Morgan fingerprint density at radius 2 is 1.50 bits per heavy atom. The van der Waals surface area contributed by atoms with Crippen molar-refractivity contribution in [3.8, 4) is 5.75 Å². The number of aryl methyl sites for hydroxylation is 2. The summed E-state index contributed by atoms with van der Waals surface area (Å²) >= 11 is 6.35. The van der Waals surface area contributed by atoms with Gasteiger partial charge in [0.05, 0.1) is 24.3 Å². The van der Waals surface area contributed by atoms with E-state index in [0.29, 0.717) is 61.6 Å². The minimum atomic E-state index is -5.08. The summed E-state index contributed by atoms with van der Waals surface area (Å²) in [5, 5.41) is 24.6. The molecule has 0 unspecified atom stereocenters. The number of hydrogen-bond donors (Lipinski definition) is 4. The summed E-state index contributed by atoms with van der Waals surface area (Å²) in [7, 11) is 0. The van der Waals surface area contributed by atoms with E-state index >= 15 is 0 Å². The maximum absolute atomic E-state index is 13.0. The molecule has 288 valence electrons. The molecular formula is C31H27ClF6N8O8. The number of aromatic nitrogens is 4. The maximum atomic E-state index is 13.0. The predicted octanol–water partition coefficient (Wildman–Crippen LogP) is 4.73. The molecule has 4 N–H and O–H groups in total. The predicted molar refractivity (Wildman–Crippen MR) is 174 cm³/mol. The lowest BCUT2D eigenvalue weighted by Crippen LogP contribution is -2.51. The fourth-order valence-corrected chi connectivity index (χ4v) is 4.76. The van der Waals surface area contributed by atoms with E-state index < -0.39 is 24.3 Å². The zero-order chi connectivity index (χ0) is 39.6. The average molecular weight is 789 g/mol. The second kappa shape index (κ2) is 17.6. The number of nitrogens with zero attached hydrogens (tertiary/aromatic N) is 6. The Labute approximate surface area is 304 Å². The van der Waals surface area contributed by atoms with Crippen molar-refractivity contribution in [2.45, 2.75) is 25.2 Å². The monoisotopic (exact) mass is 788 g/mol. The van der Waals surface area contributed by atoms with Crippen LogP contribution in [-0.4, -0.2) is 109 Å². The number of rotatable bonds is 4. The van der Waals surface area contributed by atoms with Gasteiger partial charge in [0, 0.05) is 44.1 Å². The number of carbonyl (C=O) groups excluding carboxylic acids is 2. The summed E-state index contributed by atoms with van der Waals surface area (Å²) in [5.41, 5.74) is 3.48. The molecule has 0 saturated carbocycles. The number of pyridine rings is 1. The second-order valence-electron chi connectivity index (χ2n) is 11.0. The summed E-state index contributed by atoms with van der Waals surface area (Å²) < 4.78 is 74.5. The van der Waals surface area contributed by atoms with Crippen LogP contribution in [0.25, 0.3) is 0 Å². The smallest absolute Gasteiger partial charge is 0.483 e. The van der Waals surface area contributed by atoms with E-state index in [4.69, 9.17) is 40.7 Å². The summed E-state index contributed by atoms with van der Waals surface area (Å²) in [6, 6.07) is 9.18. The van der Waals surface area contributed by atoms with Crippen LogP contribution >= 0.6 is 11.6 Å². The van der Waals surface area contributed by atoms with E-state index in [1.54, 1.807) is 16.0 Å². The Balaban J connectivity index is 0.000000396. The molecule has 1 fully saturated rings. The van der Waals surface area contributed by atoms with Crippen molar-refractivity contribution in [1.29, 1.82) is 0 Å². The van der Waals surface area contributed by atoms with E-state index in [1.165, 1.54) is 18.5 Å². The number of piperazine rings is 1.